The van der Waals surface area contributed by atoms with Gasteiger partial charge in [-0.05, 0) is 57.9 Å². The number of halogens is 6. The lowest BCUT2D eigenvalue weighted by Crippen LogP contribution is -2.28. The normalized spacial score (nSPS) is 14.9. The molecule has 1 rings (SSSR count). The quantitative estimate of drug-likeness (QED) is 0.329. The van der Waals surface area contributed by atoms with E-state index in [1.165, 1.54) is 32.9 Å². The molecule has 1 aromatic rings. The maximum Gasteiger partial charge on any atom is 0.434 e. The molecule has 0 bridgehead atoms. The molecular weight excluding hydrogens is 396 g/mol. The van der Waals surface area contributed by atoms with E-state index in [1.807, 2.05) is 0 Å². The summed E-state index contributed by atoms with van der Waals surface area (Å²) in [6.07, 6.45) is -9.85. The summed E-state index contributed by atoms with van der Waals surface area (Å²) in [6, 6.07) is 4.77. The molecule has 154 valence electrons. The van der Waals surface area contributed by atoms with Gasteiger partial charge in [-0.1, -0.05) is 0 Å². The zero-order valence-electron chi connectivity index (χ0n) is 15.1. The van der Waals surface area contributed by atoms with Gasteiger partial charge < -0.3 is 4.74 Å². The molecule has 0 saturated heterocycles. The Labute approximate surface area is 156 Å². The first-order valence-electron chi connectivity index (χ1n) is 8.08. The first-order chi connectivity index (χ1) is 12.2. The molecule has 0 aliphatic rings. The van der Waals surface area contributed by atoms with Crippen LogP contribution in [0.3, 0.4) is 0 Å². The highest BCUT2D eigenvalue weighted by Gasteiger charge is 2.38. The fraction of sp³-hybridized carbons (Fsp3) is 0.588. The Hall–Kier alpha value is -1.58. The SMILES string of the molecule is CC(C)(C)S(=O)/N=C(\c1ccc(OCCCCC(F)(F)F)cc1)C(F)(F)F. The van der Waals surface area contributed by atoms with Crippen molar-refractivity contribution < 1.29 is 35.3 Å². The highest BCUT2D eigenvalue weighted by atomic mass is 32.2. The number of benzene rings is 1. The van der Waals surface area contributed by atoms with E-state index in [1.54, 1.807) is 0 Å². The van der Waals surface area contributed by atoms with Crippen LogP contribution in [0.4, 0.5) is 26.3 Å². The van der Waals surface area contributed by atoms with Crippen LogP contribution < -0.4 is 4.74 Å². The van der Waals surface area contributed by atoms with E-state index in [0.29, 0.717) is 0 Å². The molecule has 0 spiro atoms. The second-order valence-corrected chi connectivity index (χ2v) is 8.65. The third-order valence-electron chi connectivity index (χ3n) is 3.22. The number of nitrogens with zero attached hydrogens (tertiary/aromatic N) is 1. The Morgan fingerprint density at radius 2 is 1.56 bits per heavy atom. The van der Waals surface area contributed by atoms with Gasteiger partial charge in [-0.3, -0.25) is 0 Å². The van der Waals surface area contributed by atoms with Crippen molar-refractivity contribution in [2.24, 2.45) is 4.40 Å². The van der Waals surface area contributed by atoms with Crippen molar-refractivity contribution in [3.63, 3.8) is 0 Å². The van der Waals surface area contributed by atoms with E-state index in [9.17, 15) is 30.6 Å². The van der Waals surface area contributed by atoms with E-state index in [0.717, 1.165) is 12.1 Å². The molecule has 0 saturated carbocycles. The Kier molecular flexibility index (Phi) is 7.88. The lowest BCUT2D eigenvalue weighted by Gasteiger charge is -2.17. The van der Waals surface area contributed by atoms with Crippen LogP contribution in [0.5, 0.6) is 5.75 Å². The third kappa shape index (κ3) is 8.77. The minimum atomic E-state index is -4.79. The van der Waals surface area contributed by atoms with E-state index in [-0.39, 0.29) is 30.8 Å². The van der Waals surface area contributed by atoms with Gasteiger partial charge in [0.25, 0.3) is 0 Å². The summed E-state index contributed by atoms with van der Waals surface area (Å²) in [5.74, 6) is 0.226. The first kappa shape index (κ1) is 23.5. The maximum atomic E-state index is 13.3. The van der Waals surface area contributed by atoms with Crippen molar-refractivity contribution in [3.8, 4) is 5.75 Å². The third-order valence-corrected chi connectivity index (χ3v) is 4.61. The van der Waals surface area contributed by atoms with Crippen LogP contribution in [0.15, 0.2) is 28.7 Å². The van der Waals surface area contributed by atoms with Gasteiger partial charge in [-0.15, -0.1) is 0 Å². The van der Waals surface area contributed by atoms with Crippen molar-refractivity contribution >= 4 is 16.7 Å². The van der Waals surface area contributed by atoms with Crippen LogP contribution in [0.2, 0.25) is 0 Å². The second-order valence-electron chi connectivity index (χ2n) is 6.74. The van der Waals surface area contributed by atoms with Crippen LogP contribution in [0.1, 0.15) is 45.6 Å². The zero-order chi connectivity index (χ0) is 20.9. The van der Waals surface area contributed by atoms with Crippen LogP contribution >= 0.6 is 0 Å². The maximum absolute atomic E-state index is 13.3. The van der Waals surface area contributed by atoms with Crippen molar-refractivity contribution in [3.05, 3.63) is 29.8 Å². The molecular formula is C17H21F6NO2S. The van der Waals surface area contributed by atoms with Gasteiger partial charge in [0.15, 0.2) is 5.71 Å². The largest absolute Gasteiger partial charge is 0.494 e. The predicted octanol–water partition coefficient (Wildman–Crippen LogP) is 5.61. The summed E-state index contributed by atoms with van der Waals surface area (Å²) >= 11 is 0. The molecule has 0 heterocycles. The van der Waals surface area contributed by atoms with E-state index >= 15 is 0 Å². The average Bonchev–Trinajstić information content (AvgIpc) is 2.49. The minimum Gasteiger partial charge on any atom is -0.494 e. The summed E-state index contributed by atoms with van der Waals surface area (Å²) in [4.78, 5) is 0. The predicted molar refractivity (Wildman–Crippen MR) is 92.3 cm³/mol. The zero-order valence-corrected chi connectivity index (χ0v) is 15.9. The summed E-state index contributed by atoms with van der Waals surface area (Å²) in [5, 5.41) is 0. The lowest BCUT2D eigenvalue weighted by atomic mass is 10.1. The van der Waals surface area contributed by atoms with Crippen molar-refractivity contribution in [2.75, 3.05) is 6.61 Å². The van der Waals surface area contributed by atoms with Gasteiger partial charge in [0.2, 0.25) is 0 Å². The summed E-state index contributed by atoms with van der Waals surface area (Å²) in [5.41, 5.74) is -1.53. The molecule has 0 N–H and O–H groups in total. The number of rotatable bonds is 7. The minimum absolute atomic E-state index is 0.0175. The topological polar surface area (TPSA) is 38.7 Å². The highest BCUT2D eigenvalue weighted by molar-refractivity contribution is 7.85. The average molecular weight is 417 g/mol. The Bertz CT molecular complexity index is 660. The second kappa shape index (κ2) is 9.07. The van der Waals surface area contributed by atoms with Gasteiger partial charge in [0.1, 0.15) is 16.7 Å². The molecule has 0 aliphatic heterocycles. The molecule has 0 amide bonds. The highest BCUT2D eigenvalue weighted by Crippen LogP contribution is 2.27. The van der Waals surface area contributed by atoms with Crippen molar-refractivity contribution in [1.29, 1.82) is 0 Å². The molecule has 1 aromatic carbocycles. The molecule has 3 nitrogen and oxygen atoms in total. The number of ether oxygens (including phenoxy) is 1. The monoisotopic (exact) mass is 417 g/mol. The molecule has 0 aliphatic carbocycles. The summed E-state index contributed by atoms with van der Waals surface area (Å²) < 4.78 is 95.4. The van der Waals surface area contributed by atoms with Gasteiger partial charge in [0, 0.05) is 12.0 Å². The van der Waals surface area contributed by atoms with Crippen molar-refractivity contribution in [1.82, 2.24) is 0 Å². The number of hydrogen-bond acceptors (Lipinski definition) is 2. The number of hydrogen-bond donors (Lipinski definition) is 0. The van der Waals surface area contributed by atoms with Gasteiger partial charge in [-0.25, -0.2) is 4.21 Å². The summed E-state index contributed by atoms with van der Waals surface area (Å²) in [6.45, 7) is 4.55. The smallest absolute Gasteiger partial charge is 0.434 e. The molecule has 1 atom stereocenters. The summed E-state index contributed by atoms with van der Waals surface area (Å²) in [7, 11) is -2.09. The number of unbranched alkanes of at least 4 members (excludes halogenated alkanes) is 1. The Morgan fingerprint density at radius 3 is 2.00 bits per heavy atom. The van der Waals surface area contributed by atoms with E-state index < -0.39 is 40.2 Å². The van der Waals surface area contributed by atoms with Gasteiger partial charge in [0.05, 0.1) is 11.4 Å². The van der Waals surface area contributed by atoms with E-state index in [4.69, 9.17) is 4.74 Å². The molecule has 10 heteroatoms. The first-order valence-corrected chi connectivity index (χ1v) is 9.19. The molecule has 27 heavy (non-hydrogen) atoms. The molecule has 0 radical (unpaired) electrons. The van der Waals surface area contributed by atoms with Crippen LogP contribution in [-0.2, 0) is 11.0 Å². The van der Waals surface area contributed by atoms with Crippen LogP contribution in [0.25, 0.3) is 0 Å². The molecule has 1 unspecified atom stereocenters. The standard InChI is InChI=1S/C17H21F6NO2S/c1-15(2,3)27(25)24-14(17(21,22)23)12-6-8-13(9-7-12)26-11-5-4-10-16(18,19)20/h6-9H,4-5,10-11H2,1-3H3/b24-14+. The molecule has 0 aromatic heterocycles. The van der Waals surface area contributed by atoms with Gasteiger partial charge in [-0.2, -0.15) is 30.7 Å². The van der Waals surface area contributed by atoms with E-state index in [2.05, 4.69) is 4.40 Å². The van der Waals surface area contributed by atoms with Crippen LogP contribution in [-0.4, -0.2) is 33.6 Å². The Balaban J connectivity index is 2.79. The lowest BCUT2D eigenvalue weighted by molar-refractivity contribution is -0.135. The fourth-order valence-electron chi connectivity index (χ4n) is 1.81. The Morgan fingerprint density at radius 1 is 1.00 bits per heavy atom. The molecule has 0 fully saturated rings. The van der Waals surface area contributed by atoms with Crippen LogP contribution in [0, 0.1) is 0 Å². The van der Waals surface area contributed by atoms with Gasteiger partial charge >= 0.3 is 12.4 Å². The van der Waals surface area contributed by atoms with Crippen molar-refractivity contribution in [2.45, 2.75) is 57.1 Å². The fourth-order valence-corrected chi connectivity index (χ4v) is 2.46. The number of alkyl halides is 6.